The van der Waals surface area contributed by atoms with Crippen molar-refractivity contribution in [2.24, 2.45) is 5.92 Å². The summed E-state index contributed by atoms with van der Waals surface area (Å²) in [6.45, 7) is 5.96. The van der Waals surface area contributed by atoms with Crippen LogP contribution in [0.5, 0.6) is 0 Å². The Morgan fingerprint density at radius 3 is 2.48 bits per heavy atom. The highest BCUT2D eigenvalue weighted by atomic mass is 32.2. The number of carbonyl (C=O) groups is 1. The number of morpholine rings is 1. The van der Waals surface area contributed by atoms with Gasteiger partial charge in [0.1, 0.15) is 11.6 Å². The van der Waals surface area contributed by atoms with Gasteiger partial charge in [-0.1, -0.05) is 6.92 Å². The molecule has 1 spiro atoms. The van der Waals surface area contributed by atoms with Crippen molar-refractivity contribution in [3.8, 4) is 0 Å². The summed E-state index contributed by atoms with van der Waals surface area (Å²) in [6, 6.07) is -0.184. The van der Waals surface area contributed by atoms with Gasteiger partial charge in [-0.3, -0.25) is 14.6 Å². The molecule has 2 aliphatic heterocycles. The maximum atomic E-state index is 12.5. The number of carbonyl (C=O) groups excluding carboxylic acids is 1. The number of likely N-dealkylation sites (N-methyl/N-ethyl adjacent to an activating group) is 1. The summed E-state index contributed by atoms with van der Waals surface area (Å²) in [7, 11) is 0.662. The molecule has 0 aromatic heterocycles. The number of rotatable bonds is 7. The predicted molar refractivity (Wildman–Crippen MR) is 96.2 cm³/mol. The van der Waals surface area contributed by atoms with Crippen molar-refractivity contribution in [3.63, 3.8) is 0 Å². The summed E-state index contributed by atoms with van der Waals surface area (Å²) in [4.78, 5) is 18.6. The van der Waals surface area contributed by atoms with E-state index in [0.717, 1.165) is 32.1 Å². The van der Waals surface area contributed by atoms with Gasteiger partial charge in [-0.05, 0) is 18.8 Å². The third-order valence-electron chi connectivity index (χ3n) is 5.58. The molecular formula is C17H31N3O4S. The topological polar surface area (TPSA) is 70.2 Å². The third kappa shape index (κ3) is 4.53. The average molecular weight is 374 g/mol. The zero-order chi connectivity index (χ0) is 18.2. The van der Waals surface area contributed by atoms with Crippen molar-refractivity contribution < 1.29 is 17.9 Å². The maximum Gasteiger partial charge on any atom is 0.241 e. The van der Waals surface area contributed by atoms with E-state index in [1.807, 2.05) is 0 Å². The summed E-state index contributed by atoms with van der Waals surface area (Å²) in [5.74, 6) is 1.25. The lowest BCUT2D eigenvalue weighted by Gasteiger charge is -2.55. The maximum absolute atomic E-state index is 12.5. The van der Waals surface area contributed by atoms with Gasteiger partial charge < -0.3 is 9.64 Å². The zero-order valence-corrected chi connectivity index (χ0v) is 16.4. The standard InChI is InChI=1S/C17H31N3O4S/c1-4-25(22,23)8-7-19-11-17(12-19)13-20(9-14-5-6-14)15(10-24-17)16(21)18(2)3/h14-15H,4-13H2,1-3H3. The fourth-order valence-electron chi connectivity index (χ4n) is 3.77. The predicted octanol–water partition coefficient (Wildman–Crippen LogP) is -0.325. The van der Waals surface area contributed by atoms with E-state index < -0.39 is 9.84 Å². The Morgan fingerprint density at radius 2 is 1.92 bits per heavy atom. The van der Waals surface area contributed by atoms with Gasteiger partial charge in [0.15, 0.2) is 9.84 Å². The van der Waals surface area contributed by atoms with Crippen molar-refractivity contribution in [2.75, 3.05) is 64.9 Å². The van der Waals surface area contributed by atoms with E-state index in [0.29, 0.717) is 13.2 Å². The van der Waals surface area contributed by atoms with E-state index in [1.54, 1.807) is 25.9 Å². The molecule has 1 atom stereocenters. The molecule has 3 aliphatic rings. The van der Waals surface area contributed by atoms with Gasteiger partial charge >= 0.3 is 0 Å². The number of nitrogens with zero attached hydrogens (tertiary/aromatic N) is 3. The highest BCUT2D eigenvalue weighted by Crippen LogP contribution is 2.35. The molecular weight excluding hydrogens is 342 g/mol. The molecule has 0 N–H and O–H groups in total. The smallest absolute Gasteiger partial charge is 0.241 e. The van der Waals surface area contributed by atoms with Crippen LogP contribution in [0.4, 0.5) is 0 Å². The van der Waals surface area contributed by atoms with Crippen LogP contribution >= 0.6 is 0 Å². The van der Waals surface area contributed by atoms with E-state index in [4.69, 9.17) is 4.74 Å². The summed E-state index contributed by atoms with van der Waals surface area (Å²) >= 11 is 0. The minimum Gasteiger partial charge on any atom is -0.369 e. The minimum absolute atomic E-state index is 0.112. The van der Waals surface area contributed by atoms with Crippen molar-refractivity contribution in [3.05, 3.63) is 0 Å². The molecule has 3 rings (SSSR count). The first kappa shape index (κ1) is 19.1. The van der Waals surface area contributed by atoms with Crippen LogP contribution in [0.3, 0.4) is 0 Å². The molecule has 1 unspecified atom stereocenters. The number of sulfone groups is 1. The molecule has 3 fully saturated rings. The van der Waals surface area contributed by atoms with Crippen LogP contribution in [0.2, 0.25) is 0 Å². The van der Waals surface area contributed by atoms with Crippen LogP contribution in [0, 0.1) is 5.92 Å². The van der Waals surface area contributed by atoms with Crippen molar-refractivity contribution in [2.45, 2.75) is 31.4 Å². The Hall–Kier alpha value is -0.700. The zero-order valence-electron chi connectivity index (χ0n) is 15.6. The molecule has 0 radical (unpaired) electrons. The third-order valence-corrected chi connectivity index (χ3v) is 7.26. The van der Waals surface area contributed by atoms with Crippen LogP contribution in [-0.2, 0) is 19.4 Å². The molecule has 0 aromatic carbocycles. The van der Waals surface area contributed by atoms with E-state index in [2.05, 4.69) is 9.80 Å². The Balaban J connectivity index is 1.55. The van der Waals surface area contributed by atoms with E-state index in [-0.39, 0.29) is 29.1 Å². The van der Waals surface area contributed by atoms with E-state index in [9.17, 15) is 13.2 Å². The molecule has 1 saturated carbocycles. The first-order valence-electron chi connectivity index (χ1n) is 9.25. The van der Waals surface area contributed by atoms with Gasteiger partial charge in [0.05, 0.1) is 12.4 Å². The van der Waals surface area contributed by atoms with Gasteiger partial charge in [-0.2, -0.15) is 0 Å². The number of likely N-dealkylation sites (tertiary alicyclic amines) is 1. The number of ether oxygens (including phenoxy) is 1. The molecule has 1 amide bonds. The Bertz CT molecular complexity index is 597. The number of amides is 1. The molecule has 0 bridgehead atoms. The van der Waals surface area contributed by atoms with Gasteiger partial charge in [0.25, 0.3) is 0 Å². The molecule has 144 valence electrons. The SMILES string of the molecule is CCS(=O)(=O)CCN1CC2(C1)CN(CC1CC1)C(C(=O)N(C)C)CO2. The molecule has 0 aromatic rings. The van der Waals surface area contributed by atoms with Crippen molar-refractivity contribution >= 4 is 15.7 Å². The Kier molecular flexibility index (Phi) is 5.44. The van der Waals surface area contributed by atoms with Crippen LogP contribution < -0.4 is 0 Å². The second kappa shape index (κ2) is 7.13. The van der Waals surface area contributed by atoms with Crippen LogP contribution in [0.15, 0.2) is 0 Å². The summed E-state index contributed by atoms with van der Waals surface area (Å²) in [5, 5.41) is 0. The fourth-order valence-corrected chi connectivity index (χ4v) is 4.59. The lowest BCUT2D eigenvalue weighted by atomic mass is 9.90. The average Bonchev–Trinajstić information content (AvgIpc) is 3.34. The van der Waals surface area contributed by atoms with Gasteiger partial charge in [-0.15, -0.1) is 0 Å². The monoisotopic (exact) mass is 373 g/mol. The van der Waals surface area contributed by atoms with Crippen LogP contribution in [-0.4, -0.2) is 106 Å². The van der Waals surface area contributed by atoms with Crippen LogP contribution in [0.1, 0.15) is 19.8 Å². The van der Waals surface area contributed by atoms with Gasteiger partial charge in [0.2, 0.25) is 5.91 Å². The first-order chi connectivity index (χ1) is 11.7. The minimum atomic E-state index is -2.92. The van der Waals surface area contributed by atoms with Gasteiger partial charge in [0, 0.05) is 52.6 Å². The molecule has 25 heavy (non-hydrogen) atoms. The van der Waals surface area contributed by atoms with Crippen LogP contribution in [0.25, 0.3) is 0 Å². The number of hydrogen-bond acceptors (Lipinski definition) is 6. The Labute approximate surface area is 151 Å². The molecule has 1 aliphatic carbocycles. The van der Waals surface area contributed by atoms with Crippen molar-refractivity contribution in [1.82, 2.24) is 14.7 Å². The lowest BCUT2D eigenvalue weighted by molar-refractivity contribution is -0.202. The van der Waals surface area contributed by atoms with Gasteiger partial charge in [-0.25, -0.2) is 8.42 Å². The quantitative estimate of drug-likeness (QED) is 0.609. The van der Waals surface area contributed by atoms with E-state index in [1.165, 1.54) is 12.8 Å². The second-order valence-electron chi connectivity index (χ2n) is 8.06. The normalized spacial score (nSPS) is 27.2. The number of hydrogen-bond donors (Lipinski definition) is 0. The summed E-state index contributed by atoms with van der Waals surface area (Å²) in [6.07, 6.45) is 2.52. The molecule has 8 heteroatoms. The highest BCUT2D eigenvalue weighted by Gasteiger charge is 2.51. The highest BCUT2D eigenvalue weighted by molar-refractivity contribution is 7.91. The largest absolute Gasteiger partial charge is 0.369 e. The second-order valence-corrected chi connectivity index (χ2v) is 10.5. The Morgan fingerprint density at radius 1 is 1.24 bits per heavy atom. The molecule has 7 nitrogen and oxygen atoms in total. The lowest BCUT2D eigenvalue weighted by Crippen LogP contribution is -2.73. The first-order valence-corrected chi connectivity index (χ1v) is 11.1. The van der Waals surface area contributed by atoms with Crippen molar-refractivity contribution in [1.29, 1.82) is 0 Å². The summed E-state index contributed by atoms with van der Waals surface area (Å²) in [5.41, 5.74) is -0.228. The molecule has 2 saturated heterocycles. The van der Waals surface area contributed by atoms with E-state index >= 15 is 0 Å². The summed E-state index contributed by atoms with van der Waals surface area (Å²) < 4.78 is 29.5. The fraction of sp³-hybridized carbons (Fsp3) is 0.941. The molecule has 2 heterocycles.